The zero-order valence-electron chi connectivity index (χ0n) is 24.9. The number of nitrogens with two attached hydrogens (primary N) is 1. The lowest BCUT2D eigenvalue weighted by molar-refractivity contribution is 0.0932. The van der Waals surface area contributed by atoms with E-state index in [0.717, 1.165) is 41.9 Å². The molecular formula is C35H39N7O2. The minimum Gasteiger partial charge on any atom is -0.364 e. The number of nitrogens with zero attached hydrogens (tertiary/aromatic N) is 4. The van der Waals surface area contributed by atoms with Crippen molar-refractivity contribution in [3.05, 3.63) is 89.7 Å². The van der Waals surface area contributed by atoms with Gasteiger partial charge in [-0.15, -0.1) is 0 Å². The van der Waals surface area contributed by atoms with Crippen LogP contribution in [0.5, 0.6) is 0 Å². The van der Waals surface area contributed by atoms with Gasteiger partial charge in [-0.25, -0.2) is 9.97 Å². The van der Waals surface area contributed by atoms with Crippen LogP contribution in [0.25, 0.3) is 10.8 Å². The molecule has 226 valence electrons. The highest BCUT2D eigenvalue weighted by Gasteiger charge is 2.32. The highest BCUT2D eigenvalue weighted by molar-refractivity contribution is 5.99. The minimum absolute atomic E-state index is 0.0413. The number of carbonyl (C=O) groups excluding carboxylic acids is 2. The summed E-state index contributed by atoms with van der Waals surface area (Å²) in [6.45, 7) is 3.74. The van der Waals surface area contributed by atoms with Crippen molar-refractivity contribution >= 4 is 39.9 Å². The highest BCUT2D eigenvalue weighted by atomic mass is 16.2. The van der Waals surface area contributed by atoms with Gasteiger partial charge in [-0.1, -0.05) is 42.5 Å². The Bertz CT molecular complexity index is 1660. The zero-order chi connectivity index (χ0) is 30.0. The van der Waals surface area contributed by atoms with Gasteiger partial charge in [0.15, 0.2) is 11.5 Å². The SMILES string of the molecule is NC(=O)c1ncc(N2CCC[C@@H](NC(=O)c3ccc4ccccc4c3)C2)nc1Nc1ccc(C2CCN(C3CC3)CC2)cc1. The monoisotopic (exact) mass is 589 g/mol. The first kappa shape index (κ1) is 28.3. The molecule has 1 saturated carbocycles. The number of rotatable bonds is 8. The molecule has 3 aliphatic rings. The first-order valence-corrected chi connectivity index (χ1v) is 15.8. The predicted molar refractivity (Wildman–Crippen MR) is 173 cm³/mol. The van der Waals surface area contributed by atoms with Crippen molar-refractivity contribution < 1.29 is 9.59 Å². The average molecular weight is 590 g/mol. The number of anilines is 3. The maximum atomic E-state index is 13.1. The minimum atomic E-state index is -0.634. The molecular weight excluding hydrogens is 550 g/mol. The van der Waals surface area contributed by atoms with Crippen LogP contribution in [-0.4, -0.2) is 64.9 Å². The molecule has 0 radical (unpaired) electrons. The third-order valence-corrected chi connectivity index (χ3v) is 9.32. The lowest BCUT2D eigenvalue weighted by Crippen LogP contribution is -2.48. The zero-order valence-corrected chi connectivity index (χ0v) is 24.9. The van der Waals surface area contributed by atoms with Gasteiger partial charge in [-0.05, 0) is 98.1 Å². The Morgan fingerprint density at radius 3 is 2.39 bits per heavy atom. The molecule has 3 fully saturated rings. The van der Waals surface area contributed by atoms with Gasteiger partial charge in [0.1, 0.15) is 5.82 Å². The molecule has 1 aromatic heterocycles. The van der Waals surface area contributed by atoms with Crippen LogP contribution in [0.1, 0.15) is 70.9 Å². The number of primary amides is 1. The van der Waals surface area contributed by atoms with Crippen molar-refractivity contribution in [2.24, 2.45) is 5.73 Å². The van der Waals surface area contributed by atoms with Crippen LogP contribution < -0.4 is 21.3 Å². The topological polar surface area (TPSA) is 116 Å². The average Bonchev–Trinajstić information content (AvgIpc) is 3.91. The molecule has 9 heteroatoms. The first-order valence-electron chi connectivity index (χ1n) is 15.8. The normalized spacial score (nSPS) is 19.5. The van der Waals surface area contributed by atoms with E-state index in [4.69, 9.17) is 10.7 Å². The number of hydrogen-bond acceptors (Lipinski definition) is 7. The molecule has 7 rings (SSSR count). The van der Waals surface area contributed by atoms with Gasteiger partial charge in [0, 0.05) is 36.4 Å². The van der Waals surface area contributed by atoms with Crippen molar-refractivity contribution in [1.82, 2.24) is 20.2 Å². The molecule has 2 saturated heterocycles. The molecule has 4 N–H and O–H groups in total. The molecule has 0 bridgehead atoms. The summed E-state index contributed by atoms with van der Waals surface area (Å²) in [5.74, 6) is 0.836. The van der Waals surface area contributed by atoms with Gasteiger partial charge in [0.2, 0.25) is 0 Å². The van der Waals surface area contributed by atoms with E-state index in [1.54, 1.807) is 6.20 Å². The van der Waals surface area contributed by atoms with Crippen molar-refractivity contribution in [3.8, 4) is 0 Å². The van der Waals surface area contributed by atoms with E-state index in [2.05, 4.69) is 37.6 Å². The van der Waals surface area contributed by atoms with Gasteiger partial charge < -0.3 is 26.2 Å². The summed E-state index contributed by atoms with van der Waals surface area (Å²) < 4.78 is 0. The highest BCUT2D eigenvalue weighted by Crippen LogP contribution is 2.35. The summed E-state index contributed by atoms with van der Waals surface area (Å²) in [4.78, 5) is 39.3. The Balaban J connectivity index is 1.02. The second kappa shape index (κ2) is 12.2. The summed E-state index contributed by atoms with van der Waals surface area (Å²) in [5, 5.41) is 8.65. The molecule has 44 heavy (non-hydrogen) atoms. The van der Waals surface area contributed by atoms with Crippen molar-refractivity contribution in [2.75, 3.05) is 36.4 Å². The molecule has 4 aromatic rings. The van der Waals surface area contributed by atoms with Crippen LogP contribution >= 0.6 is 0 Å². The quantitative estimate of drug-likeness (QED) is 0.258. The Kier molecular flexibility index (Phi) is 7.87. The third-order valence-electron chi connectivity index (χ3n) is 9.32. The van der Waals surface area contributed by atoms with Crippen molar-refractivity contribution in [2.45, 2.75) is 56.5 Å². The number of aromatic nitrogens is 2. The lowest BCUT2D eigenvalue weighted by Gasteiger charge is -2.34. The number of carbonyl (C=O) groups is 2. The van der Waals surface area contributed by atoms with Crippen LogP contribution in [-0.2, 0) is 0 Å². The van der Waals surface area contributed by atoms with E-state index in [9.17, 15) is 9.59 Å². The maximum absolute atomic E-state index is 13.1. The Hall–Kier alpha value is -4.50. The summed E-state index contributed by atoms with van der Waals surface area (Å²) in [6, 6.07) is 23.0. The molecule has 1 aliphatic carbocycles. The molecule has 3 heterocycles. The number of benzene rings is 3. The number of amides is 2. The van der Waals surface area contributed by atoms with Crippen molar-refractivity contribution in [1.29, 1.82) is 0 Å². The Morgan fingerprint density at radius 2 is 1.64 bits per heavy atom. The summed E-state index contributed by atoms with van der Waals surface area (Å²) in [7, 11) is 0. The fraction of sp³-hybridized carbons (Fsp3) is 0.371. The summed E-state index contributed by atoms with van der Waals surface area (Å²) in [5.41, 5.74) is 8.61. The summed E-state index contributed by atoms with van der Waals surface area (Å²) >= 11 is 0. The Morgan fingerprint density at radius 1 is 0.864 bits per heavy atom. The van der Waals surface area contributed by atoms with Gasteiger partial charge >= 0.3 is 0 Å². The molecule has 3 aromatic carbocycles. The van der Waals surface area contributed by atoms with Crippen LogP contribution in [0.2, 0.25) is 0 Å². The standard InChI is InChI=1S/C35H39N7O2/c36-33(43)32-34(38-28-11-9-24(10-12-28)25-15-18-41(19-16-25)30-13-14-30)40-31(21-37-32)42-17-3-6-29(22-42)39-35(44)27-8-7-23-4-1-2-5-26(23)20-27/h1-2,4-5,7-12,20-21,25,29-30H,3,6,13-19,22H2,(H2,36,43)(H,38,40)(H,39,44)/t29-/m1/s1. The second-order valence-corrected chi connectivity index (χ2v) is 12.4. The molecule has 2 amide bonds. The Labute approximate surface area is 257 Å². The molecule has 2 aliphatic heterocycles. The van der Waals surface area contributed by atoms with Gasteiger partial charge in [0.25, 0.3) is 11.8 Å². The van der Waals surface area contributed by atoms with E-state index in [0.29, 0.717) is 29.7 Å². The summed E-state index contributed by atoms with van der Waals surface area (Å²) in [6.07, 6.45) is 8.48. The molecule has 0 spiro atoms. The van der Waals surface area contributed by atoms with E-state index in [-0.39, 0.29) is 17.6 Å². The first-order chi connectivity index (χ1) is 21.5. The number of piperidine rings is 2. The van der Waals surface area contributed by atoms with E-state index < -0.39 is 5.91 Å². The van der Waals surface area contributed by atoms with E-state index in [1.165, 1.54) is 44.3 Å². The van der Waals surface area contributed by atoms with Crippen LogP contribution in [0.4, 0.5) is 17.3 Å². The number of fused-ring (bicyclic) bond motifs is 1. The van der Waals surface area contributed by atoms with E-state index >= 15 is 0 Å². The smallest absolute Gasteiger partial charge is 0.271 e. The fourth-order valence-electron chi connectivity index (χ4n) is 6.71. The van der Waals surface area contributed by atoms with Gasteiger partial charge in [0.05, 0.1) is 6.20 Å². The fourth-order valence-corrected chi connectivity index (χ4v) is 6.71. The molecule has 0 unspecified atom stereocenters. The molecule has 1 atom stereocenters. The van der Waals surface area contributed by atoms with Crippen molar-refractivity contribution in [3.63, 3.8) is 0 Å². The number of likely N-dealkylation sites (tertiary alicyclic amines) is 1. The second-order valence-electron chi connectivity index (χ2n) is 12.4. The van der Waals surface area contributed by atoms with E-state index in [1.807, 2.05) is 54.6 Å². The molecule has 9 nitrogen and oxygen atoms in total. The van der Waals surface area contributed by atoms with Gasteiger partial charge in [-0.2, -0.15) is 0 Å². The van der Waals surface area contributed by atoms with Crippen LogP contribution in [0.15, 0.2) is 72.9 Å². The third kappa shape index (κ3) is 6.24. The largest absolute Gasteiger partial charge is 0.364 e. The van der Waals surface area contributed by atoms with Crippen LogP contribution in [0, 0.1) is 0 Å². The lowest BCUT2D eigenvalue weighted by atomic mass is 9.89. The van der Waals surface area contributed by atoms with Crippen LogP contribution in [0.3, 0.4) is 0 Å². The van der Waals surface area contributed by atoms with Gasteiger partial charge in [-0.3, -0.25) is 9.59 Å². The maximum Gasteiger partial charge on any atom is 0.271 e. The predicted octanol–water partition coefficient (Wildman–Crippen LogP) is 5.21. The number of nitrogens with one attached hydrogen (secondary N) is 2. The number of hydrogen-bond donors (Lipinski definition) is 3.